The molecule has 1 fully saturated rings. The van der Waals surface area contributed by atoms with Crippen molar-refractivity contribution in [2.24, 2.45) is 5.92 Å². The topological polar surface area (TPSA) is 40.6 Å². The molecule has 0 bridgehead atoms. The van der Waals surface area contributed by atoms with Crippen molar-refractivity contribution in [3.05, 3.63) is 69.9 Å². The molecule has 2 aromatic carbocycles. The van der Waals surface area contributed by atoms with Crippen molar-refractivity contribution in [1.82, 2.24) is 4.90 Å². The molecule has 2 amide bonds. The minimum absolute atomic E-state index is 0.233. The van der Waals surface area contributed by atoms with Gasteiger partial charge in [-0.1, -0.05) is 42.8 Å². The van der Waals surface area contributed by atoms with E-state index in [4.69, 9.17) is 11.6 Å². The molecule has 2 aliphatic heterocycles. The van der Waals surface area contributed by atoms with E-state index in [-0.39, 0.29) is 11.8 Å². The summed E-state index contributed by atoms with van der Waals surface area (Å²) in [6.07, 6.45) is 2.03. The summed E-state index contributed by atoms with van der Waals surface area (Å²) in [4.78, 5) is 30.6. The Balaban J connectivity index is 1.83. The van der Waals surface area contributed by atoms with Crippen LogP contribution in [0.3, 0.4) is 0 Å². The molecule has 2 aromatic rings. The Bertz CT molecular complexity index is 1000. The van der Waals surface area contributed by atoms with Gasteiger partial charge >= 0.3 is 0 Å². The van der Waals surface area contributed by atoms with E-state index in [2.05, 4.69) is 11.8 Å². The molecule has 2 aliphatic rings. The van der Waals surface area contributed by atoms with Crippen molar-refractivity contribution in [2.75, 3.05) is 18.0 Å². The molecule has 0 unspecified atom stereocenters. The van der Waals surface area contributed by atoms with E-state index >= 15 is 0 Å². The van der Waals surface area contributed by atoms with Crippen LogP contribution in [0.15, 0.2) is 48.2 Å². The number of aryl methyl sites for hydroxylation is 2. The van der Waals surface area contributed by atoms with Crippen LogP contribution >= 0.6 is 11.6 Å². The number of hydrogen-bond donors (Lipinski definition) is 0. The summed E-state index contributed by atoms with van der Waals surface area (Å²) in [5.41, 5.74) is 4.30. The largest absolute Gasteiger partial charge is 0.366 e. The van der Waals surface area contributed by atoms with Gasteiger partial charge in [0.1, 0.15) is 5.70 Å². The first-order chi connectivity index (χ1) is 13.9. The van der Waals surface area contributed by atoms with Gasteiger partial charge in [0.2, 0.25) is 0 Å². The average molecular weight is 409 g/mol. The van der Waals surface area contributed by atoms with Crippen LogP contribution in [0.4, 0.5) is 5.69 Å². The van der Waals surface area contributed by atoms with Gasteiger partial charge in [0.15, 0.2) is 0 Å². The lowest BCUT2D eigenvalue weighted by molar-refractivity contribution is -0.120. The Labute approximate surface area is 176 Å². The first-order valence-electron chi connectivity index (χ1n) is 10.1. The number of carbonyl (C=O) groups is 2. The zero-order chi connectivity index (χ0) is 20.7. The fourth-order valence-electron chi connectivity index (χ4n) is 4.10. The molecular weight excluding hydrogens is 384 g/mol. The first kappa shape index (κ1) is 19.7. The van der Waals surface area contributed by atoms with Crippen molar-refractivity contribution in [3.8, 4) is 0 Å². The quantitative estimate of drug-likeness (QED) is 0.673. The molecule has 0 aliphatic carbocycles. The maximum absolute atomic E-state index is 13.6. The number of likely N-dealkylation sites (tertiary alicyclic amines) is 1. The van der Waals surface area contributed by atoms with Gasteiger partial charge in [-0.2, -0.15) is 0 Å². The van der Waals surface area contributed by atoms with E-state index < -0.39 is 0 Å². The van der Waals surface area contributed by atoms with Gasteiger partial charge in [-0.15, -0.1) is 0 Å². The molecule has 150 valence electrons. The number of carbonyl (C=O) groups excluding carboxylic acids is 2. The van der Waals surface area contributed by atoms with Gasteiger partial charge in [-0.05, 0) is 67.5 Å². The number of imide groups is 1. The monoisotopic (exact) mass is 408 g/mol. The van der Waals surface area contributed by atoms with Crippen LogP contribution < -0.4 is 4.90 Å². The molecule has 0 saturated carbocycles. The molecular formula is C24H25ClN2O2. The fourth-order valence-corrected chi connectivity index (χ4v) is 4.23. The van der Waals surface area contributed by atoms with E-state index in [1.165, 1.54) is 4.90 Å². The zero-order valence-electron chi connectivity index (χ0n) is 17.0. The molecule has 5 heteroatoms. The van der Waals surface area contributed by atoms with Gasteiger partial charge in [0.25, 0.3) is 11.8 Å². The van der Waals surface area contributed by atoms with Crippen LogP contribution in [-0.4, -0.2) is 29.8 Å². The van der Waals surface area contributed by atoms with Crippen molar-refractivity contribution >= 4 is 34.7 Å². The van der Waals surface area contributed by atoms with E-state index in [1.807, 2.05) is 44.2 Å². The van der Waals surface area contributed by atoms with Gasteiger partial charge in [0.05, 0.1) is 11.3 Å². The second-order valence-electron chi connectivity index (χ2n) is 8.14. The summed E-state index contributed by atoms with van der Waals surface area (Å²) in [6, 6.07) is 13.0. The lowest BCUT2D eigenvalue weighted by atomic mass is 9.97. The number of rotatable bonds is 3. The Morgan fingerprint density at radius 2 is 1.59 bits per heavy atom. The van der Waals surface area contributed by atoms with E-state index in [0.717, 1.165) is 42.6 Å². The predicted octanol–water partition coefficient (Wildman–Crippen LogP) is 4.97. The minimum atomic E-state index is -0.264. The Hall–Kier alpha value is -2.59. The van der Waals surface area contributed by atoms with E-state index in [1.54, 1.807) is 12.1 Å². The molecule has 29 heavy (non-hydrogen) atoms. The highest BCUT2D eigenvalue weighted by Gasteiger charge is 2.43. The van der Waals surface area contributed by atoms with Crippen LogP contribution in [0.1, 0.15) is 36.5 Å². The predicted molar refractivity (Wildman–Crippen MR) is 117 cm³/mol. The first-order valence-corrected chi connectivity index (χ1v) is 10.5. The molecule has 2 heterocycles. The van der Waals surface area contributed by atoms with Gasteiger partial charge in [-0.3, -0.25) is 9.59 Å². The summed E-state index contributed by atoms with van der Waals surface area (Å²) in [5.74, 6) is 0.135. The number of benzene rings is 2. The molecule has 4 rings (SSSR count). The summed E-state index contributed by atoms with van der Waals surface area (Å²) >= 11 is 6.06. The highest BCUT2D eigenvalue weighted by Crippen LogP contribution is 2.37. The molecule has 0 aromatic heterocycles. The van der Waals surface area contributed by atoms with Gasteiger partial charge < -0.3 is 4.90 Å². The van der Waals surface area contributed by atoms with Crippen molar-refractivity contribution < 1.29 is 9.59 Å². The summed E-state index contributed by atoms with van der Waals surface area (Å²) in [7, 11) is 0. The third-order valence-corrected chi connectivity index (χ3v) is 6.15. The number of amides is 2. The number of hydrogen-bond acceptors (Lipinski definition) is 3. The normalized spacial score (nSPS) is 18.2. The Morgan fingerprint density at radius 3 is 2.24 bits per heavy atom. The maximum Gasteiger partial charge on any atom is 0.282 e. The number of piperidine rings is 1. The molecule has 1 saturated heterocycles. The van der Waals surface area contributed by atoms with Crippen molar-refractivity contribution in [1.29, 1.82) is 0 Å². The average Bonchev–Trinajstić information content (AvgIpc) is 2.95. The molecule has 0 N–H and O–H groups in total. The van der Waals surface area contributed by atoms with Crippen molar-refractivity contribution in [3.63, 3.8) is 0 Å². The third kappa shape index (κ3) is 3.58. The third-order valence-electron chi connectivity index (χ3n) is 5.90. The minimum Gasteiger partial charge on any atom is -0.366 e. The molecule has 0 radical (unpaired) electrons. The summed E-state index contributed by atoms with van der Waals surface area (Å²) in [5, 5.41) is 0.603. The Morgan fingerprint density at radius 1 is 0.931 bits per heavy atom. The lowest BCUT2D eigenvalue weighted by Gasteiger charge is -2.32. The smallest absolute Gasteiger partial charge is 0.282 e. The van der Waals surface area contributed by atoms with E-state index in [9.17, 15) is 9.59 Å². The highest BCUT2D eigenvalue weighted by molar-refractivity contribution is 6.45. The molecule has 4 nitrogen and oxygen atoms in total. The van der Waals surface area contributed by atoms with Gasteiger partial charge in [-0.25, -0.2) is 4.90 Å². The second kappa shape index (κ2) is 7.68. The van der Waals surface area contributed by atoms with Gasteiger partial charge in [0, 0.05) is 18.1 Å². The summed E-state index contributed by atoms with van der Waals surface area (Å²) in [6.45, 7) is 7.70. The number of anilines is 1. The maximum atomic E-state index is 13.6. The molecule has 0 spiro atoms. The van der Waals surface area contributed by atoms with Crippen LogP contribution in [0, 0.1) is 19.8 Å². The standard InChI is InChI=1S/C24H25ClN2O2/c1-15-10-12-26(13-11-15)22-21(18-6-8-19(25)9-7-18)23(28)27(24(22)29)20-14-16(2)4-5-17(20)3/h4-9,14-15H,10-13H2,1-3H3. The van der Waals surface area contributed by atoms with Crippen LogP contribution in [0.2, 0.25) is 5.02 Å². The SMILES string of the molecule is Cc1ccc(C)c(N2C(=O)C(c3ccc(Cl)cc3)=C(N3CCC(C)CC3)C2=O)c1. The summed E-state index contributed by atoms with van der Waals surface area (Å²) < 4.78 is 0. The number of nitrogens with zero attached hydrogens (tertiary/aromatic N) is 2. The van der Waals surface area contributed by atoms with Crippen LogP contribution in [0.25, 0.3) is 5.57 Å². The zero-order valence-corrected chi connectivity index (χ0v) is 17.8. The van der Waals surface area contributed by atoms with Crippen molar-refractivity contribution in [2.45, 2.75) is 33.6 Å². The second-order valence-corrected chi connectivity index (χ2v) is 8.57. The Kier molecular flexibility index (Phi) is 5.22. The fraction of sp³-hybridized carbons (Fsp3) is 0.333. The van der Waals surface area contributed by atoms with Crippen LogP contribution in [0.5, 0.6) is 0 Å². The van der Waals surface area contributed by atoms with E-state index in [0.29, 0.717) is 27.9 Å². The van der Waals surface area contributed by atoms with Crippen LogP contribution in [-0.2, 0) is 9.59 Å². The highest BCUT2D eigenvalue weighted by atomic mass is 35.5. The lowest BCUT2D eigenvalue weighted by Crippen LogP contribution is -2.38. The number of halogens is 1. The molecule has 0 atom stereocenters.